The van der Waals surface area contributed by atoms with Gasteiger partial charge in [-0.15, -0.1) is 0 Å². The quantitative estimate of drug-likeness (QED) is 0.740. The van der Waals surface area contributed by atoms with E-state index < -0.39 is 0 Å². The lowest BCUT2D eigenvalue weighted by Crippen LogP contribution is -2.08. The molecule has 0 radical (unpaired) electrons. The molecule has 1 aromatic heterocycles. The fourth-order valence-corrected chi connectivity index (χ4v) is 2.94. The molecular weight excluding hydrogens is 228 g/mol. The molecule has 0 aromatic carbocycles. The molecule has 13 heavy (non-hydrogen) atoms. The molecule has 0 spiro atoms. The van der Waals surface area contributed by atoms with Crippen LogP contribution in [0.25, 0.3) is 0 Å². The van der Waals surface area contributed by atoms with Crippen LogP contribution in [0.2, 0.25) is 0 Å². The summed E-state index contributed by atoms with van der Waals surface area (Å²) in [5.41, 5.74) is 1.39. The van der Waals surface area contributed by atoms with Crippen LogP contribution in [0.5, 0.6) is 0 Å². The minimum atomic E-state index is 0.732. The van der Waals surface area contributed by atoms with E-state index in [0.717, 1.165) is 10.5 Å². The summed E-state index contributed by atoms with van der Waals surface area (Å²) in [6.07, 6.45) is 8.72. The lowest BCUT2D eigenvalue weighted by molar-refractivity contribution is 0.428. The highest BCUT2D eigenvalue weighted by Crippen LogP contribution is 2.35. The average molecular weight is 243 g/mol. The van der Waals surface area contributed by atoms with Gasteiger partial charge in [-0.2, -0.15) is 0 Å². The van der Waals surface area contributed by atoms with Crippen LogP contribution in [0.15, 0.2) is 10.9 Å². The predicted molar refractivity (Wildman–Crippen MR) is 56.7 cm³/mol. The summed E-state index contributed by atoms with van der Waals surface area (Å²) in [6.45, 7) is 0. The third-order valence-corrected chi connectivity index (χ3v) is 3.54. The fraction of sp³-hybridized carbons (Fsp3) is 0.700. The topological polar surface area (TPSA) is 17.8 Å². The maximum Gasteiger partial charge on any atom is 0.127 e. The summed E-state index contributed by atoms with van der Waals surface area (Å²) in [5.74, 6) is 0.732. The summed E-state index contributed by atoms with van der Waals surface area (Å²) in [5, 5.41) is 0. The summed E-state index contributed by atoms with van der Waals surface area (Å²) >= 11 is 3.52. The molecule has 0 aliphatic heterocycles. The van der Waals surface area contributed by atoms with Gasteiger partial charge < -0.3 is 4.57 Å². The molecule has 0 amide bonds. The zero-order valence-electron chi connectivity index (χ0n) is 7.96. The molecule has 0 bridgehead atoms. The number of rotatable bonds is 1. The Kier molecular flexibility index (Phi) is 2.72. The molecule has 1 aliphatic carbocycles. The van der Waals surface area contributed by atoms with Gasteiger partial charge in [0, 0.05) is 13.0 Å². The van der Waals surface area contributed by atoms with Crippen LogP contribution in [0.4, 0.5) is 0 Å². The van der Waals surface area contributed by atoms with E-state index in [-0.39, 0.29) is 0 Å². The number of hydrogen-bond acceptors (Lipinski definition) is 1. The van der Waals surface area contributed by atoms with Gasteiger partial charge in [0.25, 0.3) is 0 Å². The minimum Gasteiger partial charge on any atom is -0.336 e. The number of imidazole rings is 1. The highest BCUT2D eigenvalue weighted by molar-refractivity contribution is 9.10. The van der Waals surface area contributed by atoms with Crippen molar-refractivity contribution in [1.82, 2.24) is 9.55 Å². The molecule has 3 heteroatoms. The van der Waals surface area contributed by atoms with Gasteiger partial charge in [0.15, 0.2) is 0 Å². The molecule has 1 saturated carbocycles. The van der Waals surface area contributed by atoms with Crippen LogP contribution in [0.3, 0.4) is 0 Å². The van der Waals surface area contributed by atoms with Crippen molar-refractivity contribution in [3.63, 3.8) is 0 Å². The van der Waals surface area contributed by atoms with E-state index >= 15 is 0 Å². The van der Waals surface area contributed by atoms with Gasteiger partial charge in [0.2, 0.25) is 0 Å². The van der Waals surface area contributed by atoms with Crippen LogP contribution in [-0.4, -0.2) is 9.55 Å². The maximum absolute atomic E-state index is 4.27. The van der Waals surface area contributed by atoms with Gasteiger partial charge in [-0.3, -0.25) is 0 Å². The maximum atomic E-state index is 4.27. The molecule has 72 valence electrons. The number of hydrogen-bond donors (Lipinski definition) is 0. The van der Waals surface area contributed by atoms with E-state index in [1.54, 1.807) is 0 Å². The third kappa shape index (κ3) is 1.80. The third-order valence-electron chi connectivity index (χ3n) is 2.93. The first-order valence-electron chi connectivity index (χ1n) is 4.95. The molecule has 2 rings (SSSR count). The lowest BCUT2D eigenvalue weighted by atomic mass is 9.87. The van der Waals surface area contributed by atoms with Crippen molar-refractivity contribution in [2.45, 2.75) is 38.0 Å². The van der Waals surface area contributed by atoms with E-state index in [9.17, 15) is 0 Å². The van der Waals surface area contributed by atoms with Gasteiger partial charge in [0.05, 0.1) is 12.0 Å². The van der Waals surface area contributed by atoms with Gasteiger partial charge in [-0.1, -0.05) is 19.3 Å². The molecule has 1 heterocycles. The number of halogens is 1. The Morgan fingerprint density at radius 3 is 2.62 bits per heavy atom. The summed E-state index contributed by atoms with van der Waals surface area (Å²) in [4.78, 5) is 4.27. The zero-order valence-corrected chi connectivity index (χ0v) is 9.55. The predicted octanol–water partition coefficient (Wildman–Crippen LogP) is 3.23. The largest absolute Gasteiger partial charge is 0.336 e. The fourth-order valence-electron chi connectivity index (χ4n) is 2.24. The molecule has 0 N–H and O–H groups in total. The number of nitrogens with zero attached hydrogens (tertiary/aromatic N) is 2. The lowest BCUT2D eigenvalue weighted by Gasteiger charge is -2.22. The summed E-state index contributed by atoms with van der Waals surface area (Å²) in [7, 11) is 2.09. The van der Waals surface area contributed by atoms with Crippen molar-refractivity contribution >= 4 is 15.9 Å². The average Bonchev–Trinajstić information content (AvgIpc) is 2.48. The van der Waals surface area contributed by atoms with Gasteiger partial charge in [-0.25, -0.2) is 4.98 Å². The normalized spacial score (nSPS) is 19.2. The molecule has 0 atom stereocenters. The molecular formula is C10H15BrN2. The smallest absolute Gasteiger partial charge is 0.127 e. The van der Waals surface area contributed by atoms with Crippen LogP contribution in [0, 0.1) is 0 Å². The molecule has 1 aromatic rings. The van der Waals surface area contributed by atoms with Crippen molar-refractivity contribution in [3.8, 4) is 0 Å². The van der Waals surface area contributed by atoms with E-state index in [4.69, 9.17) is 0 Å². The standard InChI is InChI=1S/C10H15BrN2/c1-13-7-12-10(11)9(13)8-5-3-2-4-6-8/h7-8H,2-6H2,1H3. The Labute approximate surface area is 87.5 Å². The second-order valence-corrected chi connectivity index (χ2v) is 4.62. The minimum absolute atomic E-state index is 0.732. The van der Waals surface area contributed by atoms with Gasteiger partial charge >= 0.3 is 0 Å². The molecule has 1 fully saturated rings. The van der Waals surface area contributed by atoms with Crippen molar-refractivity contribution in [1.29, 1.82) is 0 Å². The van der Waals surface area contributed by atoms with Crippen LogP contribution >= 0.6 is 15.9 Å². The highest BCUT2D eigenvalue weighted by Gasteiger charge is 2.20. The van der Waals surface area contributed by atoms with Crippen LogP contribution in [-0.2, 0) is 7.05 Å². The first-order chi connectivity index (χ1) is 6.29. The van der Waals surface area contributed by atoms with Crippen LogP contribution in [0.1, 0.15) is 43.7 Å². The summed E-state index contributed by atoms with van der Waals surface area (Å²) in [6, 6.07) is 0. The second-order valence-electron chi connectivity index (χ2n) is 3.87. The van der Waals surface area contributed by atoms with Crippen molar-refractivity contribution in [2.75, 3.05) is 0 Å². The number of aryl methyl sites for hydroxylation is 1. The number of aromatic nitrogens is 2. The Morgan fingerprint density at radius 2 is 2.08 bits per heavy atom. The SMILES string of the molecule is Cn1cnc(Br)c1C1CCCCC1. The van der Waals surface area contributed by atoms with E-state index in [1.165, 1.54) is 37.8 Å². The first kappa shape index (κ1) is 9.25. The molecule has 1 aliphatic rings. The van der Waals surface area contributed by atoms with E-state index in [1.807, 2.05) is 6.33 Å². The van der Waals surface area contributed by atoms with E-state index in [2.05, 4.69) is 32.5 Å². The molecule has 0 unspecified atom stereocenters. The monoisotopic (exact) mass is 242 g/mol. The Hall–Kier alpha value is -0.310. The van der Waals surface area contributed by atoms with E-state index in [0.29, 0.717) is 0 Å². The van der Waals surface area contributed by atoms with Crippen molar-refractivity contribution < 1.29 is 0 Å². The molecule has 0 saturated heterocycles. The zero-order chi connectivity index (χ0) is 9.26. The second kappa shape index (κ2) is 3.82. The van der Waals surface area contributed by atoms with Crippen LogP contribution < -0.4 is 0 Å². The summed E-state index contributed by atoms with van der Waals surface area (Å²) < 4.78 is 3.20. The Balaban J connectivity index is 2.22. The van der Waals surface area contributed by atoms with Gasteiger partial charge in [0.1, 0.15) is 4.60 Å². The Bertz CT molecular complexity index is 268. The molecule has 2 nitrogen and oxygen atoms in total. The van der Waals surface area contributed by atoms with Crippen molar-refractivity contribution in [3.05, 3.63) is 16.6 Å². The first-order valence-corrected chi connectivity index (χ1v) is 5.75. The van der Waals surface area contributed by atoms with Gasteiger partial charge in [-0.05, 0) is 28.8 Å². The Morgan fingerprint density at radius 1 is 1.38 bits per heavy atom. The highest BCUT2D eigenvalue weighted by atomic mass is 79.9. The van der Waals surface area contributed by atoms with Crippen molar-refractivity contribution in [2.24, 2.45) is 7.05 Å².